The number of aliphatic carboxylic acids is 1. The van der Waals surface area contributed by atoms with Gasteiger partial charge in [-0.1, -0.05) is 12.1 Å². The van der Waals surface area contributed by atoms with Crippen LogP contribution in [0, 0.1) is 0 Å². The van der Waals surface area contributed by atoms with Gasteiger partial charge in [0.1, 0.15) is 11.9 Å². The van der Waals surface area contributed by atoms with Gasteiger partial charge in [0.25, 0.3) is 0 Å². The molecule has 1 unspecified atom stereocenters. The zero-order chi connectivity index (χ0) is 13.0. The lowest BCUT2D eigenvalue weighted by Crippen LogP contribution is -2.31. The average molecular weight is 267 g/mol. The summed E-state index contributed by atoms with van der Waals surface area (Å²) in [5, 5.41) is 8.64. The minimum absolute atomic E-state index is 0.0888. The molecule has 0 amide bonds. The van der Waals surface area contributed by atoms with Crippen molar-refractivity contribution in [2.75, 3.05) is 11.5 Å². The second-order valence-electron chi connectivity index (χ2n) is 4.39. The van der Waals surface area contributed by atoms with Crippen molar-refractivity contribution in [1.82, 2.24) is 0 Å². The predicted molar refractivity (Wildman–Crippen MR) is 72.0 cm³/mol. The third-order valence-electron chi connectivity index (χ3n) is 2.87. The molecular weight excluding hydrogens is 250 g/mol. The number of ether oxygens (including phenoxy) is 1. The summed E-state index contributed by atoms with van der Waals surface area (Å²) in [7, 11) is 0. The number of hydrogen-bond donors (Lipinski definition) is 2. The summed E-state index contributed by atoms with van der Waals surface area (Å²) in [5.74, 6) is 2.08. The van der Waals surface area contributed by atoms with Crippen molar-refractivity contribution in [3.05, 3.63) is 29.8 Å². The molecule has 0 bridgehead atoms. The molecule has 0 radical (unpaired) electrons. The van der Waals surface area contributed by atoms with Gasteiger partial charge >= 0.3 is 5.97 Å². The Labute approximate surface area is 111 Å². The molecule has 1 atom stereocenters. The molecule has 3 N–H and O–H groups in total. The van der Waals surface area contributed by atoms with Gasteiger partial charge in [-0.15, -0.1) is 0 Å². The Bertz CT molecular complexity index is 420. The molecule has 1 aromatic carbocycles. The molecule has 0 aromatic heterocycles. The first-order valence-corrected chi connectivity index (χ1v) is 7.12. The molecule has 1 fully saturated rings. The molecule has 2 rings (SSSR count). The molecule has 1 aliphatic heterocycles. The maximum Gasteiger partial charge on any atom is 0.303 e. The summed E-state index contributed by atoms with van der Waals surface area (Å²) in [4.78, 5) is 10.5. The van der Waals surface area contributed by atoms with Gasteiger partial charge in [0.2, 0.25) is 0 Å². The zero-order valence-corrected chi connectivity index (χ0v) is 10.9. The lowest BCUT2D eigenvalue weighted by Gasteiger charge is -2.26. The van der Waals surface area contributed by atoms with Gasteiger partial charge in [0.05, 0.1) is 0 Å². The number of carboxylic acids is 1. The largest absolute Gasteiger partial charge is 0.489 e. The van der Waals surface area contributed by atoms with Gasteiger partial charge < -0.3 is 15.6 Å². The minimum Gasteiger partial charge on any atom is -0.489 e. The van der Waals surface area contributed by atoms with Gasteiger partial charge in [0.15, 0.2) is 0 Å². The second-order valence-corrected chi connectivity index (χ2v) is 5.46. The van der Waals surface area contributed by atoms with Crippen LogP contribution in [0.2, 0.25) is 0 Å². The van der Waals surface area contributed by atoms with E-state index in [-0.39, 0.29) is 12.5 Å². The summed E-state index contributed by atoms with van der Waals surface area (Å²) >= 11 is 1.87. The van der Waals surface area contributed by atoms with Crippen LogP contribution in [-0.4, -0.2) is 28.7 Å². The van der Waals surface area contributed by atoms with E-state index in [2.05, 4.69) is 0 Å². The van der Waals surface area contributed by atoms with E-state index in [1.807, 2.05) is 36.0 Å². The number of carbonyl (C=O) groups is 1. The fraction of sp³-hybridized carbons (Fsp3) is 0.462. The van der Waals surface area contributed by atoms with Crippen LogP contribution in [0.3, 0.4) is 0 Å². The summed E-state index contributed by atoms with van der Waals surface area (Å²) in [6.45, 7) is 0. The van der Waals surface area contributed by atoms with E-state index in [1.165, 1.54) is 0 Å². The van der Waals surface area contributed by atoms with Crippen LogP contribution in [-0.2, 0) is 4.79 Å². The van der Waals surface area contributed by atoms with E-state index in [4.69, 9.17) is 15.6 Å². The molecule has 1 aromatic rings. The monoisotopic (exact) mass is 267 g/mol. The Kier molecular flexibility index (Phi) is 4.49. The van der Waals surface area contributed by atoms with Crippen LogP contribution >= 0.6 is 11.8 Å². The van der Waals surface area contributed by atoms with Gasteiger partial charge in [0, 0.05) is 24.0 Å². The number of nitrogens with two attached hydrogens (primary N) is 1. The quantitative estimate of drug-likeness (QED) is 0.825. The highest BCUT2D eigenvalue weighted by Gasteiger charge is 2.20. The van der Waals surface area contributed by atoms with Crippen molar-refractivity contribution in [2.24, 2.45) is 5.73 Å². The maximum atomic E-state index is 10.5. The Hall–Kier alpha value is -1.20. The molecule has 1 aliphatic rings. The Morgan fingerprint density at radius 2 is 2.33 bits per heavy atom. The van der Waals surface area contributed by atoms with Gasteiger partial charge in [-0.2, -0.15) is 11.8 Å². The standard InChI is InChI=1S/C13H17NO3S/c14-12(4-5-13(15)16)9-2-1-3-10(6-9)17-11-7-18-8-11/h1-3,6,11-12H,4-5,7-8,14H2,(H,15,16). The minimum atomic E-state index is -0.815. The van der Waals surface area contributed by atoms with Gasteiger partial charge in [-0.3, -0.25) is 4.79 Å². The zero-order valence-electron chi connectivity index (χ0n) is 10.0. The number of benzene rings is 1. The number of thioether (sulfide) groups is 1. The van der Waals surface area contributed by atoms with Gasteiger partial charge in [-0.25, -0.2) is 0 Å². The van der Waals surface area contributed by atoms with Crippen molar-refractivity contribution in [1.29, 1.82) is 0 Å². The fourth-order valence-corrected chi connectivity index (χ4v) is 2.30. The summed E-state index contributed by atoms with van der Waals surface area (Å²) in [5.41, 5.74) is 6.90. The maximum absolute atomic E-state index is 10.5. The first-order valence-electron chi connectivity index (χ1n) is 5.97. The van der Waals surface area contributed by atoms with Crippen LogP contribution < -0.4 is 10.5 Å². The summed E-state index contributed by atoms with van der Waals surface area (Å²) in [6.07, 6.45) is 0.837. The molecule has 1 saturated heterocycles. The van der Waals surface area contributed by atoms with Crippen LogP contribution in [0.5, 0.6) is 5.75 Å². The smallest absolute Gasteiger partial charge is 0.303 e. The summed E-state index contributed by atoms with van der Waals surface area (Å²) in [6, 6.07) is 7.39. The molecule has 5 heteroatoms. The molecule has 0 spiro atoms. The Morgan fingerprint density at radius 3 is 2.94 bits per heavy atom. The van der Waals surface area contributed by atoms with E-state index in [1.54, 1.807) is 0 Å². The van der Waals surface area contributed by atoms with E-state index >= 15 is 0 Å². The number of rotatable bonds is 6. The molecule has 0 aliphatic carbocycles. The normalized spacial score (nSPS) is 16.9. The van der Waals surface area contributed by atoms with E-state index in [9.17, 15) is 4.79 Å². The van der Waals surface area contributed by atoms with Crippen molar-refractivity contribution >= 4 is 17.7 Å². The lowest BCUT2D eigenvalue weighted by atomic mass is 10.0. The Morgan fingerprint density at radius 1 is 1.56 bits per heavy atom. The topological polar surface area (TPSA) is 72.6 Å². The molecular formula is C13H17NO3S. The van der Waals surface area contributed by atoms with Crippen LogP contribution in [0.4, 0.5) is 0 Å². The fourth-order valence-electron chi connectivity index (χ4n) is 1.74. The van der Waals surface area contributed by atoms with Crippen molar-refractivity contribution < 1.29 is 14.6 Å². The van der Waals surface area contributed by atoms with Gasteiger partial charge in [-0.05, 0) is 24.1 Å². The molecule has 0 saturated carbocycles. The molecule has 1 heterocycles. The number of carboxylic acid groups (broad SMARTS) is 1. The first kappa shape index (κ1) is 13.2. The van der Waals surface area contributed by atoms with Crippen molar-refractivity contribution in [2.45, 2.75) is 25.0 Å². The first-order chi connectivity index (χ1) is 8.65. The summed E-state index contributed by atoms with van der Waals surface area (Å²) < 4.78 is 5.77. The molecule has 4 nitrogen and oxygen atoms in total. The van der Waals surface area contributed by atoms with Crippen LogP contribution in [0.1, 0.15) is 24.4 Å². The second kappa shape index (κ2) is 6.11. The van der Waals surface area contributed by atoms with Crippen molar-refractivity contribution in [3.63, 3.8) is 0 Å². The van der Waals surface area contributed by atoms with Crippen molar-refractivity contribution in [3.8, 4) is 5.75 Å². The lowest BCUT2D eigenvalue weighted by molar-refractivity contribution is -0.137. The third-order valence-corrected chi connectivity index (χ3v) is 4.08. The molecule has 18 heavy (non-hydrogen) atoms. The highest BCUT2D eigenvalue weighted by molar-refractivity contribution is 8.00. The predicted octanol–water partition coefficient (Wildman–Crippen LogP) is 2.05. The molecule has 98 valence electrons. The SMILES string of the molecule is NC(CCC(=O)O)c1cccc(OC2CSC2)c1. The highest BCUT2D eigenvalue weighted by Crippen LogP contribution is 2.26. The van der Waals surface area contributed by atoms with E-state index in [0.29, 0.717) is 12.5 Å². The average Bonchev–Trinajstić information content (AvgIpc) is 2.31. The van der Waals surface area contributed by atoms with Crippen LogP contribution in [0.25, 0.3) is 0 Å². The number of hydrogen-bond acceptors (Lipinski definition) is 4. The Balaban J connectivity index is 1.94. The van der Waals surface area contributed by atoms with E-state index in [0.717, 1.165) is 22.8 Å². The highest BCUT2D eigenvalue weighted by atomic mass is 32.2. The van der Waals surface area contributed by atoms with E-state index < -0.39 is 5.97 Å². The van der Waals surface area contributed by atoms with Crippen LogP contribution in [0.15, 0.2) is 24.3 Å². The third kappa shape index (κ3) is 3.65.